The minimum absolute atomic E-state index is 0.242. The molecule has 20 heavy (non-hydrogen) atoms. The first kappa shape index (κ1) is 15.3. The molecule has 4 nitrogen and oxygen atoms in total. The first-order valence-corrected chi connectivity index (χ1v) is 7.92. The zero-order chi connectivity index (χ0) is 14.2. The van der Waals surface area contributed by atoms with Crippen LogP contribution in [0.25, 0.3) is 0 Å². The van der Waals surface area contributed by atoms with E-state index in [2.05, 4.69) is 21.2 Å². The summed E-state index contributed by atoms with van der Waals surface area (Å²) in [6.07, 6.45) is 2.36. The van der Waals surface area contributed by atoms with Crippen LogP contribution in [-0.4, -0.2) is 43.6 Å². The Bertz CT molecular complexity index is 432. The zero-order valence-corrected chi connectivity index (χ0v) is 13.2. The van der Waals surface area contributed by atoms with Gasteiger partial charge in [0.25, 0.3) is 0 Å². The van der Waals surface area contributed by atoms with Gasteiger partial charge in [-0.25, -0.2) is 0 Å². The lowest BCUT2D eigenvalue weighted by atomic mass is 10.2. The van der Waals surface area contributed by atoms with E-state index >= 15 is 0 Å². The Morgan fingerprint density at radius 2 is 2.25 bits per heavy atom. The van der Waals surface area contributed by atoms with Crippen molar-refractivity contribution in [2.45, 2.75) is 19.3 Å². The van der Waals surface area contributed by atoms with Crippen molar-refractivity contribution in [2.24, 2.45) is 0 Å². The third kappa shape index (κ3) is 5.13. The number of carbonyl (C=O) groups excluding carboxylic acids is 1. The van der Waals surface area contributed by atoms with E-state index in [9.17, 15) is 4.79 Å². The molecule has 1 amide bonds. The van der Waals surface area contributed by atoms with E-state index in [1.54, 1.807) is 0 Å². The van der Waals surface area contributed by atoms with Crippen LogP contribution in [0.15, 0.2) is 28.7 Å². The van der Waals surface area contributed by atoms with Crippen molar-refractivity contribution in [2.75, 3.05) is 32.8 Å². The van der Waals surface area contributed by atoms with Crippen LogP contribution in [0.3, 0.4) is 0 Å². The smallest absolute Gasteiger partial charge is 0.222 e. The summed E-state index contributed by atoms with van der Waals surface area (Å²) in [6.45, 7) is 4.19. The Labute approximate surface area is 128 Å². The second-order valence-corrected chi connectivity index (χ2v) is 5.81. The standard InChI is InChI=1S/C15H21BrN2O2/c16-13-4-1-5-14(12-13)20-11-2-6-15(19)18-9-3-7-17-8-10-18/h1,4-5,12,17H,2-3,6-11H2. The summed E-state index contributed by atoms with van der Waals surface area (Å²) in [5, 5.41) is 3.30. The van der Waals surface area contributed by atoms with Gasteiger partial charge in [0.2, 0.25) is 5.91 Å². The van der Waals surface area contributed by atoms with Gasteiger partial charge >= 0.3 is 0 Å². The van der Waals surface area contributed by atoms with Gasteiger partial charge in [0, 0.05) is 30.5 Å². The summed E-state index contributed by atoms with van der Waals surface area (Å²) in [5.41, 5.74) is 0. The molecule has 1 heterocycles. The molecule has 110 valence electrons. The number of nitrogens with one attached hydrogen (secondary N) is 1. The monoisotopic (exact) mass is 340 g/mol. The van der Waals surface area contributed by atoms with E-state index in [0.717, 1.165) is 49.2 Å². The van der Waals surface area contributed by atoms with Crippen LogP contribution in [-0.2, 0) is 4.79 Å². The lowest BCUT2D eigenvalue weighted by molar-refractivity contribution is -0.131. The van der Waals surface area contributed by atoms with Gasteiger partial charge in [0.1, 0.15) is 5.75 Å². The Kier molecular flexibility index (Phi) is 6.33. The average Bonchev–Trinajstić information content (AvgIpc) is 2.72. The molecule has 0 bridgehead atoms. The van der Waals surface area contributed by atoms with Crippen molar-refractivity contribution in [3.8, 4) is 5.75 Å². The van der Waals surface area contributed by atoms with Gasteiger partial charge in [-0.1, -0.05) is 22.0 Å². The minimum Gasteiger partial charge on any atom is -0.494 e. The molecule has 0 unspecified atom stereocenters. The number of hydrogen-bond donors (Lipinski definition) is 1. The molecule has 1 saturated heterocycles. The first-order chi connectivity index (χ1) is 9.75. The van der Waals surface area contributed by atoms with E-state index < -0.39 is 0 Å². The summed E-state index contributed by atoms with van der Waals surface area (Å²) in [4.78, 5) is 14.0. The van der Waals surface area contributed by atoms with Crippen LogP contribution in [0.1, 0.15) is 19.3 Å². The van der Waals surface area contributed by atoms with Crippen LogP contribution in [0.4, 0.5) is 0 Å². The maximum Gasteiger partial charge on any atom is 0.222 e. The largest absolute Gasteiger partial charge is 0.494 e. The van der Waals surface area contributed by atoms with Gasteiger partial charge in [-0.2, -0.15) is 0 Å². The third-order valence-corrected chi connectivity index (χ3v) is 3.79. The van der Waals surface area contributed by atoms with Crippen molar-refractivity contribution in [1.82, 2.24) is 10.2 Å². The van der Waals surface area contributed by atoms with Crippen molar-refractivity contribution in [1.29, 1.82) is 0 Å². The molecule has 5 heteroatoms. The highest BCUT2D eigenvalue weighted by Gasteiger charge is 2.14. The maximum atomic E-state index is 12.1. The Morgan fingerprint density at radius 1 is 1.35 bits per heavy atom. The van der Waals surface area contributed by atoms with Crippen molar-refractivity contribution in [3.63, 3.8) is 0 Å². The molecule has 1 N–H and O–H groups in total. The van der Waals surface area contributed by atoms with Crippen molar-refractivity contribution >= 4 is 21.8 Å². The van der Waals surface area contributed by atoms with E-state index in [1.807, 2.05) is 29.2 Å². The molecule has 1 fully saturated rings. The van der Waals surface area contributed by atoms with Gasteiger partial charge in [-0.15, -0.1) is 0 Å². The van der Waals surface area contributed by atoms with Gasteiger partial charge < -0.3 is 15.0 Å². The average molecular weight is 341 g/mol. The van der Waals surface area contributed by atoms with Crippen molar-refractivity contribution < 1.29 is 9.53 Å². The number of halogens is 1. The van der Waals surface area contributed by atoms with Gasteiger partial charge in [-0.05, 0) is 37.6 Å². The molecule has 1 aromatic carbocycles. The topological polar surface area (TPSA) is 41.6 Å². The quantitative estimate of drug-likeness (QED) is 0.837. The first-order valence-electron chi connectivity index (χ1n) is 7.12. The summed E-state index contributed by atoms with van der Waals surface area (Å²) in [5.74, 6) is 1.08. The Balaban J connectivity index is 1.66. The van der Waals surface area contributed by atoms with Crippen LogP contribution in [0, 0.1) is 0 Å². The molecule has 1 aliphatic heterocycles. The highest BCUT2D eigenvalue weighted by Crippen LogP contribution is 2.17. The minimum atomic E-state index is 0.242. The maximum absolute atomic E-state index is 12.1. The molecule has 2 rings (SSSR count). The summed E-state index contributed by atoms with van der Waals surface area (Å²) in [6, 6.07) is 7.76. The van der Waals surface area contributed by atoms with Crippen LogP contribution in [0.2, 0.25) is 0 Å². The fraction of sp³-hybridized carbons (Fsp3) is 0.533. The Morgan fingerprint density at radius 3 is 3.10 bits per heavy atom. The van der Waals surface area contributed by atoms with Crippen LogP contribution < -0.4 is 10.1 Å². The van der Waals surface area contributed by atoms with E-state index in [4.69, 9.17) is 4.74 Å². The highest BCUT2D eigenvalue weighted by molar-refractivity contribution is 9.10. The van der Waals surface area contributed by atoms with Crippen LogP contribution >= 0.6 is 15.9 Å². The normalized spacial score (nSPS) is 15.8. The number of nitrogens with zero attached hydrogens (tertiary/aromatic N) is 1. The molecule has 0 aromatic heterocycles. The molecule has 0 spiro atoms. The predicted molar refractivity (Wildman–Crippen MR) is 82.9 cm³/mol. The molecular formula is C15H21BrN2O2. The molecule has 1 aliphatic rings. The number of ether oxygens (including phenoxy) is 1. The van der Waals surface area contributed by atoms with Crippen molar-refractivity contribution in [3.05, 3.63) is 28.7 Å². The lowest BCUT2D eigenvalue weighted by Gasteiger charge is -2.19. The SMILES string of the molecule is O=C(CCCOc1cccc(Br)c1)N1CCCNCC1. The van der Waals surface area contributed by atoms with Gasteiger partial charge in [0.15, 0.2) is 0 Å². The number of carbonyl (C=O) groups is 1. The highest BCUT2D eigenvalue weighted by atomic mass is 79.9. The number of hydrogen-bond acceptors (Lipinski definition) is 3. The molecule has 1 aromatic rings. The second kappa shape index (κ2) is 8.27. The fourth-order valence-corrected chi connectivity index (χ4v) is 2.60. The van der Waals surface area contributed by atoms with Crippen LogP contribution in [0.5, 0.6) is 5.75 Å². The lowest BCUT2D eigenvalue weighted by Crippen LogP contribution is -2.34. The summed E-state index contributed by atoms with van der Waals surface area (Å²) in [7, 11) is 0. The van der Waals surface area contributed by atoms with Gasteiger partial charge in [-0.3, -0.25) is 4.79 Å². The molecule has 0 aliphatic carbocycles. The fourth-order valence-electron chi connectivity index (χ4n) is 2.22. The molecular weight excluding hydrogens is 320 g/mol. The molecule has 0 atom stereocenters. The predicted octanol–water partition coefficient (Wildman–Crippen LogP) is 2.43. The number of rotatable bonds is 5. The van der Waals surface area contributed by atoms with E-state index in [0.29, 0.717) is 13.0 Å². The van der Waals surface area contributed by atoms with Gasteiger partial charge in [0.05, 0.1) is 6.61 Å². The summed E-state index contributed by atoms with van der Waals surface area (Å²) >= 11 is 3.41. The summed E-state index contributed by atoms with van der Waals surface area (Å²) < 4.78 is 6.64. The second-order valence-electron chi connectivity index (χ2n) is 4.89. The molecule has 0 radical (unpaired) electrons. The Hall–Kier alpha value is -1.07. The van der Waals surface area contributed by atoms with E-state index in [1.165, 1.54) is 0 Å². The van der Waals surface area contributed by atoms with E-state index in [-0.39, 0.29) is 5.91 Å². The number of amides is 1. The third-order valence-electron chi connectivity index (χ3n) is 3.29. The molecule has 0 saturated carbocycles. The zero-order valence-electron chi connectivity index (χ0n) is 11.6. The number of benzene rings is 1.